The summed E-state index contributed by atoms with van der Waals surface area (Å²) in [5.41, 5.74) is 2.09. The summed E-state index contributed by atoms with van der Waals surface area (Å²) in [5, 5.41) is 10.3. The molecule has 2 saturated heterocycles. The van der Waals surface area contributed by atoms with E-state index >= 15 is 0 Å². The van der Waals surface area contributed by atoms with Crippen molar-refractivity contribution in [2.45, 2.75) is 51.3 Å². The second-order valence-electron chi connectivity index (χ2n) is 6.30. The number of rotatable bonds is 5. The van der Waals surface area contributed by atoms with Crippen LogP contribution in [0.4, 0.5) is 4.79 Å². The first-order valence-electron chi connectivity index (χ1n) is 7.14. The lowest BCUT2D eigenvalue weighted by Crippen LogP contribution is -2.49. The van der Waals surface area contributed by atoms with Crippen molar-refractivity contribution in [3.63, 3.8) is 0 Å². The molecule has 0 spiro atoms. The molecule has 2 bridgehead atoms. The van der Waals surface area contributed by atoms with Gasteiger partial charge in [0.05, 0.1) is 24.9 Å². The second kappa shape index (κ2) is 6.17. The maximum absolute atomic E-state index is 12.0. The third-order valence-electron chi connectivity index (χ3n) is 3.54. The number of hydrogen-bond donors (Lipinski definition) is 2. The SMILES string of the molecule is CC(C)(C)OCCONC(=O)C1CCC2CN1C(=O)N2O. The van der Waals surface area contributed by atoms with Gasteiger partial charge in [0.2, 0.25) is 0 Å². The fourth-order valence-electron chi connectivity index (χ4n) is 2.50. The molecule has 120 valence electrons. The number of nitrogens with zero attached hydrogens (tertiary/aromatic N) is 2. The Bertz CT molecular complexity index is 409. The van der Waals surface area contributed by atoms with Crippen LogP contribution in [0.3, 0.4) is 0 Å². The molecule has 8 nitrogen and oxygen atoms in total. The van der Waals surface area contributed by atoms with Crippen LogP contribution in [0.25, 0.3) is 0 Å². The number of hydroxylamine groups is 3. The Hall–Kier alpha value is -1.38. The van der Waals surface area contributed by atoms with Crippen molar-refractivity contribution in [1.82, 2.24) is 15.4 Å². The van der Waals surface area contributed by atoms with E-state index in [9.17, 15) is 14.8 Å². The van der Waals surface area contributed by atoms with E-state index in [2.05, 4.69) is 5.48 Å². The van der Waals surface area contributed by atoms with Crippen LogP contribution < -0.4 is 5.48 Å². The lowest BCUT2D eigenvalue weighted by Gasteiger charge is -2.28. The van der Waals surface area contributed by atoms with Gasteiger partial charge in [0.25, 0.3) is 5.91 Å². The number of carbonyl (C=O) groups excluding carboxylic acids is 2. The number of amides is 3. The number of urea groups is 1. The van der Waals surface area contributed by atoms with Gasteiger partial charge in [-0.05, 0) is 33.6 Å². The maximum atomic E-state index is 12.0. The Morgan fingerprint density at radius 1 is 1.38 bits per heavy atom. The van der Waals surface area contributed by atoms with Crippen molar-refractivity contribution < 1.29 is 24.4 Å². The van der Waals surface area contributed by atoms with Crippen LogP contribution >= 0.6 is 0 Å². The minimum absolute atomic E-state index is 0.206. The quantitative estimate of drug-likeness (QED) is 0.438. The number of hydrogen-bond acceptors (Lipinski definition) is 5. The molecule has 2 aliphatic heterocycles. The van der Waals surface area contributed by atoms with Crippen LogP contribution in [-0.4, -0.2) is 64.6 Å². The molecular formula is C13H23N3O5. The molecule has 2 rings (SSSR count). The zero-order valence-electron chi connectivity index (χ0n) is 12.7. The fraction of sp³-hybridized carbons (Fsp3) is 0.846. The molecule has 0 aromatic heterocycles. The van der Waals surface area contributed by atoms with Crippen LogP contribution in [0.1, 0.15) is 33.6 Å². The Kier molecular flexibility index (Phi) is 4.70. The molecule has 0 radical (unpaired) electrons. The van der Waals surface area contributed by atoms with Crippen LogP contribution in [0, 0.1) is 0 Å². The summed E-state index contributed by atoms with van der Waals surface area (Å²) in [5.74, 6) is -0.368. The summed E-state index contributed by atoms with van der Waals surface area (Å²) in [7, 11) is 0. The van der Waals surface area contributed by atoms with E-state index in [0.717, 1.165) is 0 Å². The topological polar surface area (TPSA) is 91.3 Å². The van der Waals surface area contributed by atoms with Gasteiger partial charge in [-0.1, -0.05) is 0 Å². The van der Waals surface area contributed by atoms with Crippen molar-refractivity contribution in [3.8, 4) is 0 Å². The van der Waals surface area contributed by atoms with Crippen molar-refractivity contribution in [3.05, 3.63) is 0 Å². The molecule has 2 unspecified atom stereocenters. The Morgan fingerprint density at radius 3 is 2.76 bits per heavy atom. The van der Waals surface area contributed by atoms with E-state index in [1.54, 1.807) is 0 Å². The molecule has 0 aliphatic carbocycles. The van der Waals surface area contributed by atoms with Gasteiger partial charge in [-0.3, -0.25) is 14.8 Å². The van der Waals surface area contributed by atoms with Gasteiger partial charge in [0, 0.05) is 6.54 Å². The summed E-state index contributed by atoms with van der Waals surface area (Å²) in [6, 6.07) is -1.31. The molecule has 2 atom stereocenters. The standard InChI is InChI=1S/C13H23N3O5/c1-13(2,3)20-6-7-21-14-11(17)10-5-4-9-8-15(10)12(18)16(9)19/h9-10,19H,4-8H2,1-3H3,(H,14,17). The number of carbonyl (C=O) groups is 2. The van der Waals surface area contributed by atoms with Crippen molar-refractivity contribution >= 4 is 11.9 Å². The molecule has 2 heterocycles. The zero-order chi connectivity index (χ0) is 15.6. The van der Waals surface area contributed by atoms with Gasteiger partial charge in [0.15, 0.2) is 0 Å². The second-order valence-corrected chi connectivity index (χ2v) is 6.30. The smallest absolute Gasteiger partial charge is 0.344 e. The van der Waals surface area contributed by atoms with Crippen LogP contribution in [0.15, 0.2) is 0 Å². The van der Waals surface area contributed by atoms with E-state index in [1.807, 2.05) is 20.8 Å². The molecule has 2 N–H and O–H groups in total. The summed E-state index contributed by atoms with van der Waals surface area (Å²) in [6.07, 6.45) is 1.12. The van der Waals surface area contributed by atoms with Gasteiger partial charge in [-0.15, -0.1) is 0 Å². The zero-order valence-corrected chi connectivity index (χ0v) is 12.7. The molecule has 0 aromatic rings. The Balaban J connectivity index is 1.73. The molecule has 3 amide bonds. The molecule has 21 heavy (non-hydrogen) atoms. The average molecular weight is 301 g/mol. The van der Waals surface area contributed by atoms with Crippen LogP contribution in [0.5, 0.6) is 0 Å². The first kappa shape index (κ1) is 16.0. The van der Waals surface area contributed by atoms with E-state index < -0.39 is 12.1 Å². The third-order valence-corrected chi connectivity index (χ3v) is 3.54. The van der Waals surface area contributed by atoms with Gasteiger partial charge in [-0.2, -0.15) is 0 Å². The first-order chi connectivity index (χ1) is 9.79. The predicted molar refractivity (Wildman–Crippen MR) is 72.3 cm³/mol. The molecule has 2 aliphatic rings. The monoisotopic (exact) mass is 301 g/mol. The highest BCUT2D eigenvalue weighted by Crippen LogP contribution is 2.28. The van der Waals surface area contributed by atoms with Gasteiger partial charge in [0.1, 0.15) is 6.04 Å². The van der Waals surface area contributed by atoms with Crippen LogP contribution in [-0.2, 0) is 14.4 Å². The lowest BCUT2D eigenvalue weighted by atomic mass is 10.0. The Morgan fingerprint density at radius 2 is 2.10 bits per heavy atom. The van der Waals surface area contributed by atoms with E-state index in [-0.39, 0.29) is 24.2 Å². The normalized spacial score (nSPS) is 25.4. The lowest BCUT2D eigenvalue weighted by molar-refractivity contribution is -0.141. The molecule has 0 aromatic carbocycles. The minimum Gasteiger partial charge on any atom is -0.373 e. The molecule has 0 saturated carbocycles. The predicted octanol–water partition coefficient (Wildman–Crippen LogP) is 0.507. The fourth-order valence-corrected chi connectivity index (χ4v) is 2.50. The van der Waals surface area contributed by atoms with Crippen molar-refractivity contribution in [1.29, 1.82) is 0 Å². The summed E-state index contributed by atoms with van der Waals surface area (Å²) >= 11 is 0. The van der Waals surface area contributed by atoms with Gasteiger partial charge in [-0.25, -0.2) is 15.3 Å². The minimum atomic E-state index is -0.588. The summed E-state index contributed by atoms with van der Waals surface area (Å²) < 4.78 is 5.46. The number of fused-ring (bicyclic) bond motifs is 2. The number of nitrogens with one attached hydrogen (secondary N) is 1. The molecular weight excluding hydrogens is 278 g/mol. The Labute approximate surface area is 123 Å². The average Bonchev–Trinajstić information content (AvgIpc) is 2.62. The first-order valence-corrected chi connectivity index (χ1v) is 7.14. The van der Waals surface area contributed by atoms with E-state index in [4.69, 9.17) is 9.57 Å². The van der Waals surface area contributed by atoms with Crippen LogP contribution in [0.2, 0.25) is 0 Å². The summed E-state index contributed by atoms with van der Waals surface area (Å²) in [4.78, 5) is 30.2. The highest BCUT2D eigenvalue weighted by molar-refractivity contribution is 5.87. The van der Waals surface area contributed by atoms with E-state index in [0.29, 0.717) is 31.1 Å². The van der Waals surface area contributed by atoms with Gasteiger partial charge >= 0.3 is 6.03 Å². The highest BCUT2D eigenvalue weighted by Gasteiger charge is 2.46. The molecule has 8 heteroatoms. The summed E-state index contributed by atoms with van der Waals surface area (Å²) in [6.45, 7) is 6.78. The number of ether oxygens (including phenoxy) is 1. The van der Waals surface area contributed by atoms with Crippen molar-refractivity contribution in [2.24, 2.45) is 0 Å². The number of piperidine rings is 1. The largest absolute Gasteiger partial charge is 0.373 e. The van der Waals surface area contributed by atoms with Gasteiger partial charge < -0.3 is 9.64 Å². The van der Waals surface area contributed by atoms with Crippen molar-refractivity contribution in [2.75, 3.05) is 19.8 Å². The third kappa shape index (κ3) is 3.84. The maximum Gasteiger partial charge on any atom is 0.344 e. The van der Waals surface area contributed by atoms with E-state index in [1.165, 1.54) is 4.90 Å². The molecule has 2 fully saturated rings. The highest BCUT2D eigenvalue weighted by atomic mass is 16.7.